The van der Waals surface area contributed by atoms with E-state index >= 15 is 0 Å². The molecule has 2 heterocycles. The summed E-state index contributed by atoms with van der Waals surface area (Å²) >= 11 is 0. The van der Waals surface area contributed by atoms with Gasteiger partial charge in [0.1, 0.15) is 0 Å². The van der Waals surface area contributed by atoms with Crippen LogP contribution in [-0.2, 0) is 4.79 Å². The van der Waals surface area contributed by atoms with Gasteiger partial charge in [-0.25, -0.2) is 0 Å². The number of carbonyl (C=O) groups excluding carboxylic acids is 1. The number of hydrogen-bond donors (Lipinski definition) is 1. The predicted molar refractivity (Wildman–Crippen MR) is 42.2 cm³/mol. The van der Waals surface area contributed by atoms with Crippen molar-refractivity contribution in [2.45, 2.75) is 25.3 Å². The molecule has 0 aromatic carbocycles. The first kappa shape index (κ1) is 7.10. The highest BCUT2D eigenvalue weighted by Gasteiger charge is 2.29. The molecule has 0 spiro atoms. The van der Waals surface area contributed by atoms with Gasteiger partial charge in [-0.05, 0) is 12.8 Å². The van der Waals surface area contributed by atoms with Crippen LogP contribution in [0.1, 0.15) is 19.3 Å². The van der Waals surface area contributed by atoms with Crippen molar-refractivity contribution >= 4 is 5.91 Å². The molecular weight excluding hydrogens is 140 g/mol. The van der Waals surface area contributed by atoms with Gasteiger partial charge in [-0.1, -0.05) is 0 Å². The summed E-state index contributed by atoms with van der Waals surface area (Å²) in [7, 11) is 0. The Kier molecular flexibility index (Phi) is 1.82. The van der Waals surface area contributed by atoms with E-state index in [9.17, 15) is 4.79 Å². The quantitative estimate of drug-likeness (QED) is 0.531. The molecule has 3 heteroatoms. The summed E-state index contributed by atoms with van der Waals surface area (Å²) in [6.45, 7) is 2.90. The topological polar surface area (TPSA) is 32.3 Å². The van der Waals surface area contributed by atoms with Gasteiger partial charge in [0.25, 0.3) is 0 Å². The highest BCUT2D eigenvalue weighted by atomic mass is 16.2. The van der Waals surface area contributed by atoms with E-state index in [-0.39, 0.29) is 0 Å². The van der Waals surface area contributed by atoms with Gasteiger partial charge in [0.05, 0.1) is 0 Å². The van der Waals surface area contributed by atoms with Crippen LogP contribution in [0.15, 0.2) is 0 Å². The molecule has 1 amide bonds. The number of nitrogens with one attached hydrogen (secondary N) is 1. The highest BCUT2D eigenvalue weighted by Crippen LogP contribution is 2.18. The summed E-state index contributed by atoms with van der Waals surface area (Å²) in [5.74, 6) is 0.364. The fraction of sp³-hybridized carbons (Fsp3) is 0.875. The molecule has 0 aromatic heterocycles. The van der Waals surface area contributed by atoms with E-state index < -0.39 is 0 Å². The Bertz CT molecular complexity index is 167. The van der Waals surface area contributed by atoms with Crippen molar-refractivity contribution in [3.8, 4) is 0 Å². The first-order valence-corrected chi connectivity index (χ1v) is 4.38. The van der Waals surface area contributed by atoms with E-state index in [1.807, 2.05) is 4.90 Å². The third-order valence-corrected chi connectivity index (χ3v) is 2.60. The van der Waals surface area contributed by atoms with Crippen LogP contribution in [0.2, 0.25) is 0 Å². The number of nitrogens with zero attached hydrogens (tertiary/aromatic N) is 1. The smallest absolute Gasteiger partial charge is 0.222 e. The zero-order chi connectivity index (χ0) is 7.68. The van der Waals surface area contributed by atoms with E-state index in [0.717, 1.165) is 32.5 Å². The lowest BCUT2D eigenvalue weighted by atomic mass is 10.00. The molecule has 1 N–H and O–H groups in total. The zero-order valence-electron chi connectivity index (χ0n) is 6.68. The lowest BCUT2D eigenvalue weighted by Gasteiger charge is -2.39. The first-order valence-electron chi connectivity index (χ1n) is 4.38. The Morgan fingerprint density at radius 3 is 3.27 bits per heavy atom. The van der Waals surface area contributed by atoms with Crippen LogP contribution in [0.3, 0.4) is 0 Å². The van der Waals surface area contributed by atoms with Gasteiger partial charge in [-0.3, -0.25) is 4.79 Å². The fourth-order valence-electron chi connectivity index (χ4n) is 1.98. The summed E-state index contributed by atoms with van der Waals surface area (Å²) in [5, 5.41) is 3.31. The van der Waals surface area contributed by atoms with Crippen LogP contribution in [0.25, 0.3) is 0 Å². The molecular formula is C8H14N2O. The van der Waals surface area contributed by atoms with Gasteiger partial charge in [0, 0.05) is 32.1 Å². The van der Waals surface area contributed by atoms with Crippen molar-refractivity contribution in [2.24, 2.45) is 0 Å². The Morgan fingerprint density at radius 1 is 1.55 bits per heavy atom. The second kappa shape index (κ2) is 2.81. The fourth-order valence-corrected chi connectivity index (χ4v) is 1.98. The van der Waals surface area contributed by atoms with Gasteiger partial charge < -0.3 is 10.2 Å². The van der Waals surface area contributed by atoms with E-state index in [1.54, 1.807) is 0 Å². The number of carbonyl (C=O) groups is 1. The molecule has 3 nitrogen and oxygen atoms in total. The molecule has 2 rings (SSSR count). The largest absolute Gasteiger partial charge is 0.337 e. The van der Waals surface area contributed by atoms with Crippen molar-refractivity contribution in [3.63, 3.8) is 0 Å². The number of piperazine rings is 1. The number of fused-ring (bicyclic) bond motifs is 1. The van der Waals surface area contributed by atoms with Crippen molar-refractivity contribution in [1.29, 1.82) is 0 Å². The standard InChI is InChI=1S/C8H14N2O/c11-8-3-1-2-7-6-9-4-5-10(7)8/h7,9H,1-6H2/t7-/m1/s1. The van der Waals surface area contributed by atoms with Gasteiger partial charge >= 0.3 is 0 Å². The minimum atomic E-state index is 0.364. The SMILES string of the molecule is O=C1CCC[C@@H]2CNCCN12. The molecule has 0 bridgehead atoms. The summed E-state index contributed by atoms with van der Waals surface area (Å²) in [4.78, 5) is 13.4. The molecule has 2 aliphatic rings. The Balaban J connectivity index is 2.05. The number of amides is 1. The van der Waals surface area contributed by atoms with Crippen LogP contribution in [0.5, 0.6) is 0 Å². The molecule has 11 heavy (non-hydrogen) atoms. The summed E-state index contributed by atoms with van der Waals surface area (Å²) in [6, 6.07) is 0.505. The van der Waals surface area contributed by atoms with E-state index in [0.29, 0.717) is 11.9 Å². The minimum Gasteiger partial charge on any atom is -0.337 e. The van der Waals surface area contributed by atoms with Crippen molar-refractivity contribution in [3.05, 3.63) is 0 Å². The summed E-state index contributed by atoms with van der Waals surface area (Å²) in [5.41, 5.74) is 0. The van der Waals surface area contributed by atoms with E-state index in [2.05, 4.69) is 5.32 Å². The van der Waals surface area contributed by atoms with Gasteiger partial charge in [-0.15, -0.1) is 0 Å². The molecule has 0 saturated carbocycles. The van der Waals surface area contributed by atoms with Crippen LogP contribution in [-0.4, -0.2) is 36.5 Å². The van der Waals surface area contributed by atoms with Gasteiger partial charge in [0.15, 0.2) is 0 Å². The monoisotopic (exact) mass is 154 g/mol. The maximum absolute atomic E-state index is 11.3. The second-order valence-electron chi connectivity index (χ2n) is 3.34. The number of piperidine rings is 1. The third kappa shape index (κ3) is 1.25. The molecule has 0 aliphatic carbocycles. The first-order chi connectivity index (χ1) is 5.38. The average Bonchev–Trinajstić information content (AvgIpc) is 2.06. The van der Waals surface area contributed by atoms with E-state index in [4.69, 9.17) is 0 Å². The summed E-state index contributed by atoms with van der Waals surface area (Å²) < 4.78 is 0. The maximum atomic E-state index is 11.3. The second-order valence-corrected chi connectivity index (χ2v) is 3.34. The van der Waals surface area contributed by atoms with Crippen molar-refractivity contribution in [1.82, 2.24) is 10.2 Å². The van der Waals surface area contributed by atoms with E-state index in [1.165, 1.54) is 6.42 Å². The highest BCUT2D eigenvalue weighted by molar-refractivity contribution is 5.77. The maximum Gasteiger partial charge on any atom is 0.222 e. The van der Waals surface area contributed by atoms with Crippen LogP contribution in [0.4, 0.5) is 0 Å². The molecule has 2 saturated heterocycles. The number of hydrogen-bond acceptors (Lipinski definition) is 2. The van der Waals surface area contributed by atoms with Gasteiger partial charge in [-0.2, -0.15) is 0 Å². The average molecular weight is 154 g/mol. The molecule has 2 fully saturated rings. The lowest BCUT2D eigenvalue weighted by molar-refractivity contribution is -0.137. The van der Waals surface area contributed by atoms with Crippen LogP contribution >= 0.6 is 0 Å². The Hall–Kier alpha value is -0.570. The third-order valence-electron chi connectivity index (χ3n) is 2.60. The van der Waals surface area contributed by atoms with Crippen LogP contribution in [0, 0.1) is 0 Å². The molecule has 0 radical (unpaired) electrons. The minimum absolute atomic E-state index is 0.364. The lowest BCUT2D eigenvalue weighted by Crippen LogP contribution is -2.55. The molecule has 2 aliphatic heterocycles. The molecule has 62 valence electrons. The van der Waals surface area contributed by atoms with Crippen LogP contribution < -0.4 is 5.32 Å². The van der Waals surface area contributed by atoms with Crippen molar-refractivity contribution < 1.29 is 4.79 Å². The molecule has 0 aromatic rings. The predicted octanol–water partition coefficient (Wildman–Crippen LogP) is -0.0293. The normalized spacial score (nSPS) is 31.8. The summed E-state index contributed by atoms with van der Waals surface area (Å²) in [6.07, 6.45) is 3.05. The molecule has 1 atom stereocenters. The Labute approximate surface area is 66.8 Å². The van der Waals surface area contributed by atoms with Crippen molar-refractivity contribution in [2.75, 3.05) is 19.6 Å². The number of rotatable bonds is 0. The molecule has 0 unspecified atom stereocenters. The Morgan fingerprint density at radius 2 is 2.45 bits per heavy atom. The zero-order valence-corrected chi connectivity index (χ0v) is 6.68. The van der Waals surface area contributed by atoms with Gasteiger partial charge in [0.2, 0.25) is 5.91 Å².